The van der Waals surface area contributed by atoms with E-state index in [0.29, 0.717) is 17.6 Å². The average Bonchev–Trinajstić information content (AvgIpc) is 3.75. The van der Waals surface area contributed by atoms with E-state index in [-0.39, 0.29) is 51.6 Å². The van der Waals surface area contributed by atoms with Gasteiger partial charge in [0.05, 0.1) is 39.6 Å². The first-order chi connectivity index (χ1) is 23.1. The summed E-state index contributed by atoms with van der Waals surface area (Å²) in [6.07, 6.45) is 11.7. The number of hydrogen-bond acceptors (Lipinski definition) is 7. The molecule has 0 radical (unpaired) electrons. The Kier molecular flexibility index (Phi) is 7.93. The number of hydrogen-bond donors (Lipinski definition) is 7. The molecule has 4 aliphatic carbocycles. The van der Waals surface area contributed by atoms with E-state index >= 15 is 0 Å². The third-order valence-corrected chi connectivity index (χ3v) is 10.2. The molecule has 48 heavy (non-hydrogen) atoms. The minimum atomic E-state index is -1.37. The van der Waals surface area contributed by atoms with Gasteiger partial charge in [0.2, 0.25) is 5.91 Å². The number of aromatic amines is 2. The van der Waals surface area contributed by atoms with Crippen molar-refractivity contribution in [3.8, 4) is 0 Å². The number of anilines is 1. The van der Waals surface area contributed by atoms with Gasteiger partial charge in [-0.1, -0.05) is 0 Å². The Labute approximate surface area is 274 Å². The van der Waals surface area contributed by atoms with Crippen LogP contribution >= 0.6 is 0 Å². The molecule has 1 unspecified atom stereocenters. The van der Waals surface area contributed by atoms with Crippen LogP contribution in [-0.2, 0) is 4.79 Å². The summed E-state index contributed by atoms with van der Waals surface area (Å²) >= 11 is 0. The van der Waals surface area contributed by atoms with Crippen molar-refractivity contribution in [2.75, 3.05) is 18.4 Å². The maximum atomic E-state index is 13.7. The fourth-order valence-corrected chi connectivity index (χ4v) is 8.47. The summed E-state index contributed by atoms with van der Waals surface area (Å²) in [4.78, 5) is 78.4. The number of nitrogens with one attached hydrogen (secondary N) is 5. The van der Waals surface area contributed by atoms with E-state index in [9.17, 15) is 34.2 Å². The molecule has 8 rings (SSSR count). The van der Waals surface area contributed by atoms with Crippen LogP contribution in [0.1, 0.15) is 91.7 Å². The molecule has 14 heteroatoms. The number of H-pyrrole nitrogens is 2. The van der Waals surface area contributed by atoms with Gasteiger partial charge in [-0.05, 0) is 92.0 Å². The monoisotopic (exact) mass is 653 g/mol. The molecule has 3 amide bonds. The predicted molar refractivity (Wildman–Crippen MR) is 172 cm³/mol. The van der Waals surface area contributed by atoms with Crippen LogP contribution in [0.3, 0.4) is 0 Å². The van der Waals surface area contributed by atoms with Crippen LogP contribution in [0.25, 0.3) is 11.0 Å². The first-order valence-electron chi connectivity index (χ1n) is 16.0. The van der Waals surface area contributed by atoms with Gasteiger partial charge in [0.1, 0.15) is 11.7 Å². The minimum Gasteiger partial charge on any atom is -0.478 e. The number of benzene rings is 2. The first kappa shape index (κ1) is 31.1. The van der Waals surface area contributed by atoms with E-state index in [4.69, 9.17) is 0 Å². The van der Waals surface area contributed by atoms with Crippen LogP contribution < -0.4 is 16.0 Å². The van der Waals surface area contributed by atoms with Gasteiger partial charge in [-0.15, -0.1) is 0 Å². The van der Waals surface area contributed by atoms with Crippen molar-refractivity contribution in [2.45, 2.75) is 44.4 Å². The number of carboxylic acid groups (broad SMARTS) is 2. The molecule has 0 aliphatic heterocycles. The van der Waals surface area contributed by atoms with E-state index in [1.165, 1.54) is 44.0 Å². The van der Waals surface area contributed by atoms with Crippen molar-refractivity contribution in [2.24, 2.45) is 23.2 Å². The number of fused-ring (bicyclic) bond motifs is 1. The zero-order chi connectivity index (χ0) is 33.6. The Balaban J connectivity index is 1.09. The molecular weight excluding hydrogens is 618 g/mol. The van der Waals surface area contributed by atoms with Gasteiger partial charge in [0.25, 0.3) is 11.8 Å². The third kappa shape index (κ3) is 6.12. The standard InChI is InChI=1S/C34H35N7O7/c42-29(37-14-25(28-35-1-2-36-28)31(44)41-22-7-20(32(45)46)6-21(8-22)33(47)48)23-9-26-27(40-16-39-26)10-24(23)30(43)38-15-34-11-17-3-18(12-34)5-19(4-17)13-34/h1-2,6-10,16-19,25H,3-5,11-15H2,(H,35,36)(H,37,42)(H,38,43)(H,39,40)(H,41,44)(H,45,46)(H,47,48). The number of amides is 3. The first-order valence-corrected chi connectivity index (χ1v) is 16.0. The number of carboxylic acids is 2. The lowest BCUT2D eigenvalue weighted by Crippen LogP contribution is -2.51. The molecule has 2 aromatic carbocycles. The molecule has 4 fully saturated rings. The minimum absolute atomic E-state index is 0.0536. The van der Waals surface area contributed by atoms with Gasteiger partial charge >= 0.3 is 11.9 Å². The summed E-state index contributed by atoms with van der Waals surface area (Å²) in [5.41, 5.74) is 0.767. The molecule has 0 spiro atoms. The smallest absolute Gasteiger partial charge is 0.335 e. The Morgan fingerprint density at radius 1 is 0.812 bits per heavy atom. The number of imidazole rings is 2. The molecule has 0 saturated heterocycles. The van der Waals surface area contributed by atoms with Crippen LogP contribution in [-0.4, -0.2) is 72.9 Å². The maximum absolute atomic E-state index is 13.7. The van der Waals surface area contributed by atoms with Gasteiger partial charge < -0.3 is 36.1 Å². The van der Waals surface area contributed by atoms with Crippen molar-refractivity contribution in [1.29, 1.82) is 0 Å². The van der Waals surface area contributed by atoms with Gasteiger partial charge in [-0.3, -0.25) is 14.4 Å². The third-order valence-electron chi connectivity index (χ3n) is 10.2. The highest BCUT2D eigenvalue weighted by Gasteiger charge is 2.50. The molecule has 7 N–H and O–H groups in total. The number of rotatable bonds is 11. The van der Waals surface area contributed by atoms with Crippen molar-refractivity contribution < 1.29 is 34.2 Å². The highest BCUT2D eigenvalue weighted by Crippen LogP contribution is 2.59. The number of aromatic nitrogens is 4. The summed E-state index contributed by atoms with van der Waals surface area (Å²) in [7, 11) is 0. The van der Waals surface area contributed by atoms with Crippen molar-refractivity contribution in [3.63, 3.8) is 0 Å². The van der Waals surface area contributed by atoms with E-state index in [1.54, 1.807) is 6.07 Å². The Hall–Kier alpha value is -5.53. The zero-order valence-corrected chi connectivity index (χ0v) is 25.9. The maximum Gasteiger partial charge on any atom is 0.335 e. The number of carbonyl (C=O) groups is 5. The molecular formula is C34H35N7O7. The van der Waals surface area contributed by atoms with Gasteiger partial charge in [0.15, 0.2) is 0 Å². The van der Waals surface area contributed by atoms with Crippen LogP contribution in [0.15, 0.2) is 49.1 Å². The predicted octanol–water partition coefficient (Wildman–Crippen LogP) is 3.78. The van der Waals surface area contributed by atoms with Gasteiger partial charge in [-0.25, -0.2) is 19.6 Å². The highest BCUT2D eigenvalue weighted by atomic mass is 16.4. The lowest BCUT2D eigenvalue weighted by atomic mass is 9.49. The lowest BCUT2D eigenvalue weighted by Gasteiger charge is -2.56. The molecule has 4 bridgehead atoms. The summed E-state index contributed by atoms with van der Waals surface area (Å²) in [5.74, 6) is -3.07. The zero-order valence-electron chi connectivity index (χ0n) is 25.9. The molecule has 2 aromatic heterocycles. The summed E-state index contributed by atoms with van der Waals surface area (Å²) < 4.78 is 0. The molecule has 4 aliphatic rings. The van der Waals surface area contributed by atoms with Crippen LogP contribution in [0.4, 0.5) is 5.69 Å². The molecule has 4 saturated carbocycles. The Bertz CT molecular complexity index is 1870. The summed E-state index contributed by atoms with van der Waals surface area (Å²) in [5, 5.41) is 27.3. The molecule has 248 valence electrons. The quantitative estimate of drug-likeness (QED) is 0.125. The lowest BCUT2D eigenvalue weighted by molar-refractivity contribution is -0.117. The topological polar surface area (TPSA) is 219 Å². The SMILES string of the molecule is O=C(O)c1cc(NC(=O)C(CNC(=O)c2cc3nc[nH]c3cc2C(=O)NCC23CC4CC(CC(C4)C2)C3)c2ncc[nH]2)cc(C(=O)O)c1. The Morgan fingerprint density at radius 3 is 2.04 bits per heavy atom. The number of aromatic carboxylic acids is 2. The van der Waals surface area contributed by atoms with Crippen molar-refractivity contribution in [1.82, 2.24) is 30.6 Å². The van der Waals surface area contributed by atoms with Crippen LogP contribution in [0.2, 0.25) is 0 Å². The van der Waals surface area contributed by atoms with E-state index in [2.05, 4.69) is 35.9 Å². The second-order valence-corrected chi connectivity index (χ2v) is 13.6. The normalized spacial score (nSPS) is 23.0. The largest absolute Gasteiger partial charge is 0.478 e. The van der Waals surface area contributed by atoms with E-state index < -0.39 is 29.7 Å². The number of carbonyl (C=O) groups excluding carboxylic acids is 3. The second-order valence-electron chi connectivity index (χ2n) is 13.6. The fourth-order valence-electron chi connectivity index (χ4n) is 8.47. The summed E-state index contributed by atoms with van der Waals surface area (Å²) in [6, 6.07) is 6.40. The Morgan fingerprint density at radius 2 is 1.44 bits per heavy atom. The molecule has 1 atom stereocenters. The molecule has 4 aromatic rings. The van der Waals surface area contributed by atoms with Gasteiger partial charge in [0, 0.05) is 31.2 Å². The fraction of sp³-hybridized carbons (Fsp3) is 0.382. The van der Waals surface area contributed by atoms with E-state index in [1.807, 2.05) is 0 Å². The highest BCUT2D eigenvalue weighted by molar-refractivity contribution is 6.10. The second kappa shape index (κ2) is 12.2. The van der Waals surface area contributed by atoms with Gasteiger partial charge in [-0.2, -0.15) is 0 Å². The van der Waals surface area contributed by atoms with Crippen molar-refractivity contribution in [3.05, 3.63) is 77.1 Å². The molecule has 14 nitrogen and oxygen atoms in total. The molecule has 2 heterocycles. The number of nitrogens with zero attached hydrogens (tertiary/aromatic N) is 2. The summed E-state index contributed by atoms with van der Waals surface area (Å²) in [6.45, 7) is 0.306. The van der Waals surface area contributed by atoms with Crippen molar-refractivity contribution >= 4 is 46.4 Å². The average molecular weight is 654 g/mol. The van der Waals surface area contributed by atoms with E-state index in [0.717, 1.165) is 55.2 Å². The van der Waals surface area contributed by atoms with Crippen LogP contribution in [0, 0.1) is 23.2 Å². The van der Waals surface area contributed by atoms with Crippen LogP contribution in [0.5, 0.6) is 0 Å².